The van der Waals surface area contributed by atoms with Crippen LogP contribution in [0.15, 0.2) is 18.2 Å². The van der Waals surface area contributed by atoms with Gasteiger partial charge < -0.3 is 15.5 Å². The summed E-state index contributed by atoms with van der Waals surface area (Å²) in [5, 5.41) is 0. The van der Waals surface area contributed by atoms with E-state index in [4.69, 9.17) is 5.73 Å². The summed E-state index contributed by atoms with van der Waals surface area (Å²) in [6.07, 6.45) is 2.01. The third-order valence-corrected chi connectivity index (χ3v) is 3.46. The second-order valence-electron chi connectivity index (χ2n) is 5.29. The summed E-state index contributed by atoms with van der Waals surface area (Å²) in [5.41, 5.74) is 6.34. The van der Waals surface area contributed by atoms with Gasteiger partial charge in [-0.05, 0) is 45.1 Å². The van der Waals surface area contributed by atoms with Gasteiger partial charge in [-0.3, -0.25) is 4.79 Å². The molecular formula is C14H20FN3O. The number of nitrogens with two attached hydrogens (primary N) is 1. The van der Waals surface area contributed by atoms with Crippen LogP contribution in [0.2, 0.25) is 0 Å². The molecule has 1 aliphatic heterocycles. The van der Waals surface area contributed by atoms with Crippen LogP contribution in [0.25, 0.3) is 0 Å². The Morgan fingerprint density at radius 2 is 2.26 bits per heavy atom. The Kier molecular flexibility index (Phi) is 4.04. The van der Waals surface area contributed by atoms with Gasteiger partial charge in [0.2, 0.25) is 0 Å². The number of hydrogen-bond acceptors (Lipinski definition) is 3. The normalized spacial score (nSPS) is 19.2. The molecule has 2 rings (SSSR count). The van der Waals surface area contributed by atoms with Gasteiger partial charge in [-0.1, -0.05) is 0 Å². The molecule has 1 amide bonds. The molecule has 19 heavy (non-hydrogen) atoms. The maximum atomic E-state index is 13.0. The maximum Gasteiger partial charge on any atom is 0.256 e. The summed E-state index contributed by atoms with van der Waals surface area (Å²) in [5.74, 6) is -0.512. The highest BCUT2D eigenvalue weighted by Gasteiger charge is 2.30. The molecule has 1 aliphatic rings. The van der Waals surface area contributed by atoms with Crippen molar-refractivity contribution < 1.29 is 9.18 Å². The number of rotatable bonds is 3. The number of hydrogen-bond donors (Lipinski definition) is 1. The number of likely N-dealkylation sites (tertiary alicyclic amines) is 1. The number of anilines is 1. The van der Waals surface area contributed by atoms with Crippen LogP contribution in [-0.4, -0.2) is 48.9 Å². The quantitative estimate of drug-likeness (QED) is 0.844. The zero-order valence-corrected chi connectivity index (χ0v) is 11.4. The van der Waals surface area contributed by atoms with Gasteiger partial charge in [0.05, 0.1) is 5.56 Å². The van der Waals surface area contributed by atoms with Crippen molar-refractivity contribution in [1.29, 1.82) is 0 Å². The highest BCUT2D eigenvalue weighted by Crippen LogP contribution is 2.23. The lowest BCUT2D eigenvalue weighted by molar-refractivity contribution is 0.0717. The Morgan fingerprint density at radius 1 is 1.53 bits per heavy atom. The number of carbonyl (C=O) groups excluding carboxylic acids is 1. The molecular weight excluding hydrogens is 245 g/mol. The van der Waals surface area contributed by atoms with Crippen molar-refractivity contribution in [2.75, 3.05) is 32.9 Å². The van der Waals surface area contributed by atoms with Crippen molar-refractivity contribution >= 4 is 11.6 Å². The van der Waals surface area contributed by atoms with E-state index in [2.05, 4.69) is 4.90 Å². The van der Waals surface area contributed by atoms with Gasteiger partial charge in [0.25, 0.3) is 5.91 Å². The first-order valence-electron chi connectivity index (χ1n) is 6.50. The summed E-state index contributed by atoms with van der Waals surface area (Å²) < 4.78 is 13.0. The predicted octanol–water partition coefficient (Wildman–Crippen LogP) is 1.57. The van der Waals surface area contributed by atoms with Crippen LogP contribution in [0.5, 0.6) is 0 Å². The molecule has 2 N–H and O–H groups in total. The smallest absolute Gasteiger partial charge is 0.256 e. The van der Waals surface area contributed by atoms with Gasteiger partial charge in [0.1, 0.15) is 5.82 Å². The Balaban J connectivity index is 2.18. The molecule has 5 heteroatoms. The van der Waals surface area contributed by atoms with Crippen molar-refractivity contribution in [3.63, 3.8) is 0 Å². The zero-order chi connectivity index (χ0) is 14.0. The minimum atomic E-state index is -0.416. The summed E-state index contributed by atoms with van der Waals surface area (Å²) in [7, 11) is 3.99. The monoisotopic (exact) mass is 265 g/mol. The summed E-state index contributed by atoms with van der Waals surface area (Å²) in [4.78, 5) is 16.4. The molecule has 0 bridgehead atoms. The number of benzene rings is 1. The Morgan fingerprint density at radius 3 is 2.89 bits per heavy atom. The summed E-state index contributed by atoms with van der Waals surface area (Å²) in [6, 6.07) is 4.16. The predicted molar refractivity (Wildman–Crippen MR) is 73.4 cm³/mol. The Hall–Kier alpha value is -1.62. The van der Waals surface area contributed by atoms with Gasteiger partial charge >= 0.3 is 0 Å². The average molecular weight is 265 g/mol. The number of nitrogen functional groups attached to an aromatic ring is 1. The molecule has 0 radical (unpaired) electrons. The minimum Gasteiger partial charge on any atom is -0.398 e. The Labute approximate surface area is 113 Å². The average Bonchev–Trinajstić information content (AvgIpc) is 2.75. The van der Waals surface area contributed by atoms with Crippen LogP contribution in [0.1, 0.15) is 23.2 Å². The molecule has 0 saturated carbocycles. The maximum absolute atomic E-state index is 13.0. The second kappa shape index (κ2) is 5.57. The molecule has 104 valence electrons. The highest BCUT2D eigenvalue weighted by atomic mass is 19.1. The van der Waals surface area contributed by atoms with Crippen LogP contribution in [0.4, 0.5) is 10.1 Å². The van der Waals surface area contributed by atoms with E-state index in [0.29, 0.717) is 5.56 Å². The molecule has 4 nitrogen and oxygen atoms in total. The SMILES string of the molecule is CN(C)CC1CCCN1C(=O)c1ccc(F)cc1N. The number of halogens is 1. The van der Waals surface area contributed by atoms with Crippen LogP contribution in [0, 0.1) is 5.82 Å². The summed E-state index contributed by atoms with van der Waals surface area (Å²) in [6.45, 7) is 1.58. The molecule has 1 saturated heterocycles. The largest absolute Gasteiger partial charge is 0.398 e. The van der Waals surface area contributed by atoms with E-state index in [9.17, 15) is 9.18 Å². The number of carbonyl (C=O) groups is 1. The van der Waals surface area contributed by atoms with Crippen molar-refractivity contribution in [3.05, 3.63) is 29.6 Å². The molecule has 1 unspecified atom stereocenters. The first kappa shape index (κ1) is 13.8. The third kappa shape index (κ3) is 3.04. The molecule has 1 fully saturated rings. The fraction of sp³-hybridized carbons (Fsp3) is 0.500. The first-order chi connectivity index (χ1) is 8.99. The minimum absolute atomic E-state index is 0.0955. The molecule has 1 aromatic rings. The van der Waals surface area contributed by atoms with Crippen molar-refractivity contribution in [1.82, 2.24) is 9.80 Å². The third-order valence-electron chi connectivity index (χ3n) is 3.46. The summed E-state index contributed by atoms with van der Waals surface area (Å²) >= 11 is 0. The van der Waals surface area contributed by atoms with E-state index in [1.54, 1.807) is 0 Å². The van der Waals surface area contributed by atoms with E-state index >= 15 is 0 Å². The number of likely N-dealkylation sites (N-methyl/N-ethyl adjacent to an activating group) is 1. The van der Waals surface area contributed by atoms with Crippen LogP contribution < -0.4 is 5.73 Å². The van der Waals surface area contributed by atoms with Crippen molar-refractivity contribution in [3.8, 4) is 0 Å². The zero-order valence-electron chi connectivity index (χ0n) is 11.4. The van der Waals surface area contributed by atoms with Crippen LogP contribution >= 0.6 is 0 Å². The van der Waals surface area contributed by atoms with E-state index in [1.165, 1.54) is 18.2 Å². The molecule has 0 aliphatic carbocycles. The van der Waals surface area contributed by atoms with Gasteiger partial charge in [-0.15, -0.1) is 0 Å². The molecule has 0 aromatic heterocycles. The van der Waals surface area contributed by atoms with E-state index in [0.717, 1.165) is 25.9 Å². The topological polar surface area (TPSA) is 49.6 Å². The molecule has 1 heterocycles. The number of amides is 1. The lowest BCUT2D eigenvalue weighted by atomic mass is 10.1. The van der Waals surface area contributed by atoms with Crippen molar-refractivity contribution in [2.24, 2.45) is 0 Å². The van der Waals surface area contributed by atoms with Gasteiger partial charge in [-0.2, -0.15) is 0 Å². The molecule has 1 aromatic carbocycles. The van der Waals surface area contributed by atoms with E-state index in [-0.39, 0.29) is 17.6 Å². The molecule has 0 spiro atoms. The van der Waals surface area contributed by atoms with Gasteiger partial charge in [-0.25, -0.2) is 4.39 Å². The number of nitrogens with zero attached hydrogens (tertiary/aromatic N) is 2. The van der Waals surface area contributed by atoms with Gasteiger partial charge in [0, 0.05) is 24.8 Å². The van der Waals surface area contributed by atoms with Crippen molar-refractivity contribution in [2.45, 2.75) is 18.9 Å². The van der Waals surface area contributed by atoms with E-state index < -0.39 is 5.82 Å². The van der Waals surface area contributed by atoms with Crippen LogP contribution in [0.3, 0.4) is 0 Å². The van der Waals surface area contributed by atoms with Gasteiger partial charge in [0.15, 0.2) is 0 Å². The second-order valence-corrected chi connectivity index (χ2v) is 5.29. The molecule has 1 atom stereocenters. The highest BCUT2D eigenvalue weighted by molar-refractivity contribution is 5.99. The fourth-order valence-electron chi connectivity index (χ4n) is 2.60. The lowest BCUT2D eigenvalue weighted by Gasteiger charge is -2.27. The standard InChI is InChI=1S/C14H20FN3O/c1-17(2)9-11-4-3-7-18(11)14(19)12-6-5-10(15)8-13(12)16/h5-6,8,11H,3-4,7,9,16H2,1-2H3. The Bertz CT molecular complexity index is 476. The van der Waals surface area contributed by atoms with E-state index in [1.807, 2.05) is 19.0 Å². The first-order valence-corrected chi connectivity index (χ1v) is 6.50. The lowest BCUT2D eigenvalue weighted by Crippen LogP contribution is -2.41. The van der Waals surface area contributed by atoms with Crippen LogP contribution in [-0.2, 0) is 0 Å². The fourth-order valence-corrected chi connectivity index (χ4v) is 2.60.